The third-order valence-electron chi connectivity index (χ3n) is 8.62. The van der Waals surface area contributed by atoms with Crippen LogP contribution in [-0.4, -0.2) is 6.10 Å². The lowest BCUT2D eigenvalue weighted by molar-refractivity contribution is -0.0447. The molecule has 34 heavy (non-hydrogen) atoms. The van der Waals surface area contributed by atoms with Gasteiger partial charge >= 0.3 is 0 Å². The van der Waals surface area contributed by atoms with E-state index < -0.39 is 0 Å². The lowest BCUT2D eigenvalue weighted by Gasteiger charge is -2.46. The average Bonchev–Trinajstić information content (AvgIpc) is 3.23. The van der Waals surface area contributed by atoms with Crippen molar-refractivity contribution in [1.29, 1.82) is 0 Å². The van der Waals surface area contributed by atoms with E-state index in [2.05, 4.69) is 85.8 Å². The van der Waals surface area contributed by atoms with Gasteiger partial charge in [0.2, 0.25) is 0 Å². The minimum absolute atomic E-state index is 0.249. The molecule has 3 aromatic carbocycles. The monoisotopic (exact) mass is 450 g/mol. The summed E-state index contributed by atoms with van der Waals surface area (Å²) in [5.41, 5.74) is 7.23. The fourth-order valence-electron chi connectivity index (χ4n) is 6.78. The van der Waals surface area contributed by atoms with Gasteiger partial charge in [-0.05, 0) is 83.9 Å². The maximum absolute atomic E-state index is 6.54. The van der Waals surface area contributed by atoms with Crippen molar-refractivity contribution >= 4 is 5.57 Å². The number of ether oxygens (including phenoxy) is 2. The van der Waals surface area contributed by atoms with Gasteiger partial charge in [0.1, 0.15) is 12.4 Å². The smallest absolute Gasteiger partial charge is 0.120 e. The summed E-state index contributed by atoms with van der Waals surface area (Å²) in [5.74, 6) is 2.36. The van der Waals surface area contributed by atoms with E-state index >= 15 is 0 Å². The fraction of sp³-hybridized carbons (Fsp3) is 0.375. The molecule has 4 atom stereocenters. The Morgan fingerprint density at radius 2 is 1.56 bits per heavy atom. The second kappa shape index (κ2) is 9.07. The molecule has 3 aliphatic carbocycles. The maximum atomic E-state index is 6.54. The Bertz CT molecular complexity index is 1170. The summed E-state index contributed by atoms with van der Waals surface area (Å²) in [6, 6.07) is 27.8. The van der Waals surface area contributed by atoms with Crippen LogP contribution in [0.2, 0.25) is 0 Å². The van der Waals surface area contributed by atoms with Gasteiger partial charge in [-0.1, -0.05) is 79.7 Å². The normalized spacial score (nSPS) is 27.3. The van der Waals surface area contributed by atoms with Gasteiger partial charge in [-0.15, -0.1) is 0 Å². The Morgan fingerprint density at radius 1 is 0.824 bits per heavy atom. The molecule has 0 radical (unpaired) electrons. The molecule has 3 aliphatic rings. The van der Waals surface area contributed by atoms with E-state index in [0.717, 1.165) is 31.1 Å². The molecule has 0 heterocycles. The zero-order chi connectivity index (χ0) is 23.0. The molecule has 0 saturated heterocycles. The van der Waals surface area contributed by atoms with Gasteiger partial charge < -0.3 is 9.47 Å². The zero-order valence-corrected chi connectivity index (χ0v) is 20.1. The number of rotatable bonds is 6. The van der Waals surface area contributed by atoms with Gasteiger partial charge in [0, 0.05) is 5.41 Å². The molecular weight excluding hydrogens is 416 g/mol. The minimum atomic E-state index is 0.249. The van der Waals surface area contributed by atoms with Crippen LogP contribution in [0.4, 0.5) is 0 Å². The number of benzene rings is 3. The summed E-state index contributed by atoms with van der Waals surface area (Å²) in [6.07, 6.45) is 8.87. The Balaban J connectivity index is 1.17. The number of hydrogen-bond acceptors (Lipinski definition) is 2. The molecule has 0 aliphatic heterocycles. The van der Waals surface area contributed by atoms with Crippen LogP contribution in [0.25, 0.3) is 5.57 Å². The van der Waals surface area contributed by atoms with Crippen LogP contribution in [-0.2, 0) is 24.4 Å². The van der Waals surface area contributed by atoms with E-state index in [-0.39, 0.29) is 5.41 Å². The van der Waals surface area contributed by atoms with Gasteiger partial charge in [0.15, 0.2) is 0 Å². The van der Waals surface area contributed by atoms with E-state index in [1.807, 2.05) is 6.07 Å². The quantitative estimate of drug-likeness (QED) is 0.385. The van der Waals surface area contributed by atoms with Crippen molar-refractivity contribution in [2.75, 3.05) is 0 Å². The van der Waals surface area contributed by atoms with Crippen molar-refractivity contribution in [2.45, 2.75) is 58.3 Å². The SMILES string of the molecule is C[C@]12CC=C3c4ccc(OCc5ccccc5)cc4CC[C@H]3[C@@H]1CC[C@@H]2OCc1ccccc1. The van der Waals surface area contributed by atoms with Crippen molar-refractivity contribution in [2.24, 2.45) is 17.3 Å². The van der Waals surface area contributed by atoms with Gasteiger partial charge in [0.25, 0.3) is 0 Å². The van der Waals surface area contributed by atoms with Crippen LogP contribution in [0.15, 0.2) is 84.9 Å². The highest BCUT2D eigenvalue weighted by atomic mass is 16.5. The lowest BCUT2D eigenvalue weighted by Crippen LogP contribution is -2.41. The second-order valence-corrected chi connectivity index (χ2v) is 10.6. The van der Waals surface area contributed by atoms with E-state index in [4.69, 9.17) is 9.47 Å². The van der Waals surface area contributed by atoms with Crippen LogP contribution < -0.4 is 4.74 Å². The molecule has 174 valence electrons. The van der Waals surface area contributed by atoms with Gasteiger partial charge in [-0.25, -0.2) is 0 Å². The first kappa shape index (κ1) is 21.7. The maximum Gasteiger partial charge on any atom is 0.120 e. The Labute approximate surface area is 203 Å². The molecule has 0 unspecified atom stereocenters. The number of aryl methyl sites for hydroxylation is 1. The summed E-state index contributed by atoms with van der Waals surface area (Å²) in [7, 11) is 0. The third-order valence-corrected chi connectivity index (χ3v) is 8.62. The average molecular weight is 451 g/mol. The predicted octanol–water partition coefficient (Wildman–Crippen LogP) is 7.62. The van der Waals surface area contributed by atoms with Crippen LogP contribution in [0, 0.1) is 17.3 Å². The molecule has 0 aromatic heterocycles. The zero-order valence-electron chi connectivity index (χ0n) is 20.1. The summed E-state index contributed by atoms with van der Waals surface area (Å²) in [4.78, 5) is 0. The number of allylic oxidation sites excluding steroid dienone is 2. The van der Waals surface area contributed by atoms with Crippen molar-refractivity contribution in [3.05, 3.63) is 107 Å². The van der Waals surface area contributed by atoms with Crippen molar-refractivity contribution in [3.63, 3.8) is 0 Å². The van der Waals surface area contributed by atoms with Crippen LogP contribution in [0.3, 0.4) is 0 Å². The number of hydrogen-bond donors (Lipinski definition) is 0. The number of fused-ring (bicyclic) bond motifs is 5. The van der Waals surface area contributed by atoms with E-state index in [0.29, 0.717) is 18.6 Å². The first-order chi connectivity index (χ1) is 16.7. The van der Waals surface area contributed by atoms with Gasteiger partial charge in [-0.2, -0.15) is 0 Å². The third kappa shape index (κ3) is 3.99. The molecule has 2 nitrogen and oxygen atoms in total. The fourth-order valence-corrected chi connectivity index (χ4v) is 6.78. The molecule has 2 heteroatoms. The standard InChI is InChI=1S/C32H34O2/c1-32-19-18-28-27-15-13-26(33-21-23-8-4-2-5-9-23)20-25(27)12-14-29(28)30(32)16-17-31(32)34-22-24-10-6-3-7-11-24/h2-11,13,15,18,20,29-31H,12,14,16-17,19,21-22H2,1H3/t29-,30+,31+,32+/m1/s1. The highest BCUT2D eigenvalue weighted by molar-refractivity contribution is 5.73. The molecule has 3 aromatic rings. The first-order valence-electron chi connectivity index (χ1n) is 12.9. The van der Waals surface area contributed by atoms with Crippen molar-refractivity contribution in [3.8, 4) is 5.75 Å². The Kier molecular flexibility index (Phi) is 5.79. The van der Waals surface area contributed by atoms with Crippen LogP contribution in [0.5, 0.6) is 5.75 Å². The van der Waals surface area contributed by atoms with E-state index in [1.165, 1.54) is 41.5 Å². The highest BCUT2D eigenvalue weighted by Crippen LogP contribution is 2.59. The van der Waals surface area contributed by atoms with Gasteiger partial charge in [-0.3, -0.25) is 0 Å². The Morgan fingerprint density at radius 3 is 2.32 bits per heavy atom. The lowest BCUT2D eigenvalue weighted by atomic mass is 9.60. The molecule has 0 bridgehead atoms. The van der Waals surface area contributed by atoms with Crippen LogP contribution >= 0.6 is 0 Å². The topological polar surface area (TPSA) is 18.5 Å². The minimum Gasteiger partial charge on any atom is -0.489 e. The van der Waals surface area contributed by atoms with E-state index in [1.54, 1.807) is 5.57 Å². The first-order valence-corrected chi connectivity index (χ1v) is 12.9. The summed E-state index contributed by atoms with van der Waals surface area (Å²) < 4.78 is 12.7. The summed E-state index contributed by atoms with van der Waals surface area (Å²) in [6.45, 7) is 3.84. The molecular formula is C32H34O2. The van der Waals surface area contributed by atoms with Crippen molar-refractivity contribution < 1.29 is 9.47 Å². The predicted molar refractivity (Wildman–Crippen MR) is 137 cm³/mol. The van der Waals surface area contributed by atoms with E-state index in [9.17, 15) is 0 Å². The van der Waals surface area contributed by atoms with Crippen LogP contribution in [0.1, 0.15) is 54.9 Å². The molecule has 1 saturated carbocycles. The van der Waals surface area contributed by atoms with Crippen molar-refractivity contribution in [1.82, 2.24) is 0 Å². The molecule has 0 N–H and O–H groups in total. The highest BCUT2D eigenvalue weighted by Gasteiger charge is 2.52. The molecule has 6 rings (SSSR count). The molecule has 1 fully saturated rings. The molecule has 0 amide bonds. The Hall–Kier alpha value is -2.84. The molecule has 0 spiro atoms. The largest absolute Gasteiger partial charge is 0.489 e. The summed E-state index contributed by atoms with van der Waals surface area (Å²) >= 11 is 0. The van der Waals surface area contributed by atoms with Gasteiger partial charge in [0.05, 0.1) is 12.7 Å². The summed E-state index contributed by atoms with van der Waals surface area (Å²) in [5, 5.41) is 0. The second-order valence-electron chi connectivity index (χ2n) is 10.6.